The largest absolute Gasteiger partial charge is 0.436 e. The van der Waals surface area contributed by atoms with Crippen molar-refractivity contribution in [1.29, 1.82) is 0 Å². The van der Waals surface area contributed by atoms with Crippen molar-refractivity contribution in [2.45, 2.75) is 70.4 Å². The van der Waals surface area contributed by atoms with Crippen molar-refractivity contribution in [3.63, 3.8) is 0 Å². The normalized spacial score (nSPS) is 10.9. The van der Waals surface area contributed by atoms with Gasteiger partial charge in [0.2, 0.25) is 0 Å². The molecule has 3 heteroatoms. The van der Waals surface area contributed by atoms with Crippen LogP contribution >= 0.6 is 12.6 Å². The van der Waals surface area contributed by atoms with Gasteiger partial charge in [-0.25, -0.2) is 4.98 Å². The Labute approximate surface area is 104 Å². The van der Waals surface area contributed by atoms with Gasteiger partial charge in [-0.2, -0.15) is 0 Å². The molecule has 0 spiro atoms. The van der Waals surface area contributed by atoms with E-state index in [1.807, 2.05) is 0 Å². The Morgan fingerprint density at radius 2 is 1.62 bits per heavy atom. The lowest BCUT2D eigenvalue weighted by Crippen LogP contribution is -1.93. The predicted molar refractivity (Wildman–Crippen MR) is 70.2 cm³/mol. The van der Waals surface area contributed by atoms with Crippen molar-refractivity contribution >= 4 is 12.6 Å². The lowest BCUT2D eigenvalue weighted by Gasteiger charge is -2.00. The third-order valence-corrected chi connectivity index (χ3v) is 2.98. The molecule has 0 unspecified atom stereocenters. The number of oxazole rings is 1. The number of unbranched alkanes of at least 4 members (excludes halogenated alkanes) is 4. The van der Waals surface area contributed by atoms with Gasteiger partial charge in [-0.1, -0.05) is 52.2 Å². The van der Waals surface area contributed by atoms with Crippen LogP contribution in [0.3, 0.4) is 0 Å². The second kappa shape index (κ2) is 7.77. The zero-order chi connectivity index (χ0) is 11.8. The van der Waals surface area contributed by atoms with Crippen LogP contribution in [0.15, 0.2) is 9.64 Å². The predicted octanol–water partition coefficient (Wildman–Crippen LogP) is 4.43. The van der Waals surface area contributed by atoms with Gasteiger partial charge < -0.3 is 4.42 Å². The van der Waals surface area contributed by atoms with Gasteiger partial charge in [-0.3, -0.25) is 0 Å². The van der Waals surface area contributed by atoms with Crippen LogP contribution in [0, 0.1) is 0 Å². The molecule has 0 aliphatic rings. The number of aryl methyl sites for hydroxylation is 2. The van der Waals surface area contributed by atoms with E-state index < -0.39 is 0 Å². The van der Waals surface area contributed by atoms with Gasteiger partial charge in [-0.05, 0) is 19.3 Å². The maximum atomic E-state index is 5.54. The number of rotatable bonds is 8. The maximum absolute atomic E-state index is 5.54. The molecule has 0 radical (unpaired) electrons. The van der Waals surface area contributed by atoms with E-state index in [0.717, 1.165) is 24.3 Å². The topological polar surface area (TPSA) is 26.0 Å². The number of nitrogens with zero attached hydrogens (tertiary/aromatic N) is 1. The second-order valence-electron chi connectivity index (χ2n) is 4.28. The second-order valence-corrected chi connectivity index (χ2v) is 4.66. The molecule has 0 aromatic carbocycles. The zero-order valence-electron chi connectivity index (χ0n) is 10.5. The first-order valence-electron chi connectivity index (χ1n) is 6.45. The summed E-state index contributed by atoms with van der Waals surface area (Å²) in [6.07, 6.45) is 9.48. The SMILES string of the molecule is CCCCCc1nc(S)oc1CCCCC. The number of aromatic nitrogens is 1. The fraction of sp³-hybridized carbons (Fsp3) is 0.769. The number of hydrogen-bond acceptors (Lipinski definition) is 3. The highest BCUT2D eigenvalue weighted by Gasteiger charge is 2.10. The fourth-order valence-corrected chi connectivity index (χ4v) is 2.07. The average molecular weight is 241 g/mol. The van der Waals surface area contributed by atoms with Crippen LogP contribution in [-0.4, -0.2) is 4.98 Å². The first-order chi connectivity index (χ1) is 7.77. The standard InChI is InChI=1S/C13H23NOS/c1-3-5-7-9-11-12(10-8-6-4-2)15-13(16)14-11/h3-10H2,1-2H3,(H,14,16). The summed E-state index contributed by atoms with van der Waals surface area (Å²) in [6, 6.07) is 0. The first kappa shape index (κ1) is 13.6. The van der Waals surface area contributed by atoms with Crippen molar-refractivity contribution < 1.29 is 4.42 Å². The van der Waals surface area contributed by atoms with E-state index in [2.05, 4.69) is 31.5 Å². The molecule has 92 valence electrons. The summed E-state index contributed by atoms with van der Waals surface area (Å²) in [7, 11) is 0. The number of thiol groups is 1. The van der Waals surface area contributed by atoms with E-state index in [4.69, 9.17) is 4.42 Å². The Morgan fingerprint density at radius 1 is 1.00 bits per heavy atom. The molecule has 0 atom stereocenters. The molecule has 1 heterocycles. The lowest BCUT2D eigenvalue weighted by molar-refractivity contribution is 0.411. The zero-order valence-corrected chi connectivity index (χ0v) is 11.4. The summed E-state index contributed by atoms with van der Waals surface area (Å²) >= 11 is 4.19. The van der Waals surface area contributed by atoms with Crippen molar-refractivity contribution in [3.8, 4) is 0 Å². The Hall–Kier alpha value is -0.440. The lowest BCUT2D eigenvalue weighted by atomic mass is 10.1. The summed E-state index contributed by atoms with van der Waals surface area (Å²) in [6.45, 7) is 4.43. The Balaban J connectivity index is 2.46. The van der Waals surface area contributed by atoms with Gasteiger partial charge in [0.05, 0.1) is 5.69 Å². The van der Waals surface area contributed by atoms with Crippen LogP contribution < -0.4 is 0 Å². The third-order valence-electron chi connectivity index (χ3n) is 2.79. The highest BCUT2D eigenvalue weighted by molar-refractivity contribution is 7.80. The van der Waals surface area contributed by atoms with E-state index in [9.17, 15) is 0 Å². The van der Waals surface area contributed by atoms with Crippen LogP contribution in [0.5, 0.6) is 0 Å². The van der Waals surface area contributed by atoms with Gasteiger partial charge in [0.1, 0.15) is 5.76 Å². The van der Waals surface area contributed by atoms with Crippen LogP contribution in [0.2, 0.25) is 0 Å². The van der Waals surface area contributed by atoms with Gasteiger partial charge in [0, 0.05) is 6.42 Å². The van der Waals surface area contributed by atoms with Crippen molar-refractivity contribution in [2.75, 3.05) is 0 Å². The Bertz CT molecular complexity index is 269. The fourth-order valence-electron chi connectivity index (χ4n) is 1.84. The number of hydrogen-bond donors (Lipinski definition) is 1. The molecule has 0 N–H and O–H groups in total. The molecule has 2 nitrogen and oxygen atoms in total. The maximum Gasteiger partial charge on any atom is 0.252 e. The van der Waals surface area contributed by atoms with Gasteiger partial charge in [0.15, 0.2) is 0 Å². The van der Waals surface area contributed by atoms with Gasteiger partial charge >= 0.3 is 0 Å². The molecule has 0 amide bonds. The minimum atomic E-state index is 0.526. The monoisotopic (exact) mass is 241 g/mol. The molecule has 1 rings (SSSR count). The van der Waals surface area contributed by atoms with Crippen molar-refractivity contribution in [3.05, 3.63) is 11.5 Å². The highest BCUT2D eigenvalue weighted by atomic mass is 32.1. The minimum Gasteiger partial charge on any atom is -0.436 e. The molecule has 0 saturated carbocycles. The molecule has 16 heavy (non-hydrogen) atoms. The summed E-state index contributed by atoms with van der Waals surface area (Å²) in [5.41, 5.74) is 1.13. The third kappa shape index (κ3) is 4.60. The van der Waals surface area contributed by atoms with Crippen LogP contribution in [0.4, 0.5) is 0 Å². The van der Waals surface area contributed by atoms with Crippen LogP contribution in [0.1, 0.15) is 63.8 Å². The van der Waals surface area contributed by atoms with E-state index in [1.54, 1.807) is 0 Å². The molecule has 1 aromatic heterocycles. The van der Waals surface area contributed by atoms with E-state index in [0.29, 0.717) is 5.22 Å². The van der Waals surface area contributed by atoms with Crippen LogP contribution in [0.25, 0.3) is 0 Å². The van der Waals surface area contributed by atoms with Crippen molar-refractivity contribution in [1.82, 2.24) is 4.98 Å². The minimum absolute atomic E-state index is 0.526. The Kier molecular flexibility index (Phi) is 6.62. The molecular weight excluding hydrogens is 218 g/mol. The van der Waals surface area contributed by atoms with E-state index in [-0.39, 0.29) is 0 Å². The van der Waals surface area contributed by atoms with E-state index >= 15 is 0 Å². The summed E-state index contributed by atoms with van der Waals surface area (Å²) in [4.78, 5) is 4.36. The molecule has 0 aliphatic heterocycles. The average Bonchev–Trinajstić information content (AvgIpc) is 2.60. The summed E-state index contributed by atoms with van der Waals surface area (Å²) in [5, 5.41) is 0.526. The Morgan fingerprint density at radius 3 is 2.25 bits per heavy atom. The van der Waals surface area contributed by atoms with Crippen LogP contribution in [-0.2, 0) is 12.8 Å². The molecule has 0 saturated heterocycles. The summed E-state index contributed by atoms with van der Waals surface area (Å²) in [5.74, 6) is 1.06. The smallest absolute Gasteiger partial charge is 0.252 e. The summed E-state index contributed by atoms with van der Waals surface area (Å²) < 4.78 is 5.54. The molecule has 0 aliphatic carbocycles. The quantitative estimate of drug-likeness (QED) is 0.538. The van der Waals surface area contributed by atoms with Gasteiger partial charge in [0.25, 0.3) is 5.22 Å². The van der Waals surface area contributed by atoms with E-state index in [1.165, 1.54) is 38.5 Å². The van der Waals surface area contributed by atoms with Gasteiger partial charge in [-0.15, -0.1) is 0 Å². The van der Waals surface area contributed by atoms with Crippen molar-refractivity contribution in [2.24, 2.45) is 0 Å². The molecule has 0 fully saturated rings. The molecule has 0 bridgehead atoms. The first-order valence-corrected chi connectivity index (χ1v) is 6.90. The highest BCUT2D eigenvalue weighted by Crippen LogP contribution is 2.19. The molecular formula is C13H23NOS. The molecule has 1 aromatic rings.